The Morgan fingerprint density at radius 2 is 2.31 bits per heavy atom. The van der Waals surface area contributed by atoms with Gasteiger partial charge in [-0.3, -0.25) is 4.79 Å². The van der Waals surface area contributed by atoms with Crippen molar-refractivity contribution in [3.05, 3.63) is 52.0 Å². The van der Waals surface area contributed by atoms with E-state index in [-0.39, 0.29) is 5.78 Å². The number of hydrogen-bond donors (Lipinski definition) is 1. The first-order valence-corrected chi connectivity index (χ1v) is 5.74. The van der Waals surface area contributed by atoms with Gasteiger partial charge in [-0.1, -0.05) is 28.1 Å². The molecule has 0 atom stereocenters. The highest BCUT2D eigenvalue weighted by Crippen LogP contribution is 2.20. The van der Waals surface area contributed by atoms with Crippen molar-refractivity contribution in [1.29, 1.82) is 0 Å². The summed E-state index contributed by atoms with van der Waals surface area (Å²) in [6.07, 6.45) is 3.68. The van der Waals surface area contributed by atoms with Crippen LogP contribution in [0.5, 0.6) is 0 Å². The lowest BCUT2D eigenvalue weighted by Crippen LogP contribution is -2.07. The van der Waals surface area contributed by atoms with Crippen molar-refractivity contribution in [3.8, 4) is 0 Å². The molecule has 82 valence electrons. The summed E-state index contributed by atoms with van der Waals surface area (Å²) >= 11 is 3.42. The van der Waals surface area contributed by atoms with Crippen LogP contribution in [-0.4, -0.2) is 15.8 Å². The fourth-order valence-corrected chi connectivity index (χ4v) is 1.92. The van der Waals surface area contributed by atoms with Gasteiger partial charge in [-0.2, -0.15) is 0 Å². The van der Waals surface area contributed by atoms with Crippen LogP contribution in [0, 0.1) is 6.92 Å². The minimum Gasteiger partial charge on any atom is -0.348 e. The monoisotopic (exact) mass is 278 g/mol. The molecular weight excluding hydrogens is 268 g/mol. The van der Waals surface area contributed by atoms with E-state index in [1.165, 1.54) is 0 Å². The Bertz CT molecular complexity index is 506. The smallest absolute Gasteiger partial charge is 0.170 e. The van der Waals surface area contributed by atoms with E-state index in [1.54, 1.807) is 12.4 Å². The molecule has 2 aromatic rings. The third-order valence-corrected chi connectivity index (χ3v) is 3.31. The summed E-state index contributed by atoms with van der Waals surface area (Å²) in [5, 5.41) is 0. The Balaban J connectivity index is 2.24. The van der Waals surface area contributed by atoms with Crippen LogP contribution >= 0.6 is 15.9 Å². The average molecular weight is 279 g/mol. The van der Waals surface area contributed by atoms with Gasteiger partial charge in [-0.15, -0.1) is 0 Å². The van der Waals surface area contributed by atoms with E-state index in [0.717, 1.165) is 15.6 Å². The average Bonchev–Trinajstić information content (AvgIpc) is 2.74. The highest BCUT2D eigenvalue weighted by atomic mass is 79.9. The van der Waals surface area contributed by atoms with Gasteiger partial charge in [0.2, 0.25) is 0 Å². The molecule has 0 aliphatic heterocycles. The van der Waals surface area contributed by atoms with Gasteiger partial charge in [-0.05, 0) is 18.6 Å². The first-order chi connectivity index (χ1) is 7.68. The Morgan fingerprint density at radius 3 is 3.00 bits per heavy atom. The molecule has 1 N–H and O–H groups in total. The van der Waals surface area contributed by atoms with Crippen LogP contribution in [0.3, 0.4) is 0 Å². The van der Waals surface area contributed by atoms with Crippen molar-refractivity contribution < 1.29 is 4.79 Å². The fourth-order valence-electron chi connectivity index (χ4n) is 1.55. The second kappa shape index (κ2) is 4.61. The molecule has 1 heterocycles. The molecule has 4 heteroatoms. The van der Waals surface area contributed by atoms with Crippen LogP contribution in [0.2, 0.25) is 0 Å². The van der Waals surface area contributed by atoms with E-state index in [0.29, 0.717) is 12.2 Å². The van der Waals surface area contributed by atoms with Gasteiger partial charge in [0, 0.05) is 22.4 Å². The number of hydrogen-bond acceptors (Lipinski definition) is 2. The van der Waals surface area contributed by atoms with Crippen molar-refractivity contribution >= 4 is 21.7 Å². The molecule has 0 spiro atoms. The zero-order valence-corrected chi connectivity index (χ0v) is 10.4. The molecule has 0 amide bonds. The summed E-state index contributed by atoms with van der Waals surface area (Å²) in [7, 11) is 0. The number of benzene rings is 1. The predicted octanol–water partition coefficient (Wildman–Crippen LogP) is 2.91. The number of rotatable bonds is 3. The van der Waals surface area contributed by atoms with Crippen molar-refractivity contribution in [3.63, 3.8) is 0 Å². The first-order valence-electron chi connectivity index (χ1n) is 4.95. The van der Waals surface area contributed by atoms with Crippen molar-refractivity contribution in [2.75, 3.05) is 0 Å². The number of nitrogens with one attached hydrogen (secondary N) is 1. The summed E-state index contributed by atoms with van der Waals surface area (Å²) in [4.78, 5) is 19.0. The number of aromatic nitrogens is 2. The van der Waals surface area contributed by atoms with Crippen LogP contribution < -0.4 is 0 Å². The number of imidazole rings is 1. The van der Waals surface area contributed by atoms with Gasteiger partial charge < -0.3 is 4.98 Å². The number of aromatic amines is 1. The lowest BCUT2D eigenvalue weighted by atomic mass is 10.0. The number of Topliss-reactive ketones (excluding diaryl/α,β-unsaturated/α-hetero) is 1. The van der Waals surface area contributed by atoms with Gasteiger partial charge in [0.25, 0.3) is 0 Å². The maximum Gasteiger partial charge on any atom is 0.170 e. The van der Waals surface area contributed by atoms with Gasteiger partial charge in [0.1, 0.15) is 5.82 Å². The van der Waals surface area contributed by atoms with Crippen LogP contribution in [0.4, 0.5) is 0 Å². The molecule has 1 aromatic heterocycles. The van der Waals surface area contributed by atoms with E-state index in [2.05, 4.69) is 25.9 Å². The molecule has 0 aliphatic carbocycles. The molecule has 0 aliphatic rings. The summed E-state index contributed by atoms with van der Waals surface area (Å²) < 4.78 is 0.956. The third kappa shape index (κ3) is 2.22. The highest BCUT2D eigenvalue weighted by molar-refractivity contribution is 9.10. The molecule has 0 saturated carbocycles. The van der Waals surface area contributed by atoms with Crippen LogP contribution in [0.15, 0.2) is 35.1 Å². The SMILES string of the molecule is Cc1c(Br)cccc1C(=O)Cc1ncc[nH]1. The summed E-state index contributed by atoms with van der Waals surface area (Å²) in [5.74, 6) is 0.776. The first kappa shape index (κ1) is 11.1. The predicted molar refractivity (Wildman–Crippen MR) is 65.5 cm³/mol. The molecule has 0 bridgehead atoms. The zero-order valence-electron chi connectivity index (χ0n) is 8.83. The topological polar surface area (TPSA) is 45.8 Å². The summed E-state index contributed by atoms with van der Waals surface area (Å²) in [6, 6.07) is 5.64. The lowest BCUT2D eigenvalue weighted by molar-refractivity contribution is 0.0990. The molecule has 0 unspecified atom stereocenters. The Labute approximate surface area is 102 Å². The summed E-state index contributed by atoms with van der Waals surface area (Å²) in [5.41, 5.74) is 1.71. The van der Waals surface area contributed by atoms with E-state index < -0.39 is 0 Å². The number of carbonyl (C=O) groups excluding carboxylic acids is 1. The number of ketones is 1. The van der Waals surface area contributed by atoms with Crippen LogP contribution in [0.25, 0.3) is 0 Å². The second-order valence-electron chi connectivity index (χ2n) is 3.55. The van der Waals surface area contributed by atoms with Crippen molar-refractivity contribution in [2.45, 2.75) is 13.3 Å². The minimum absolute atomic E-state index is 0.0775. The zero-order chi connectivity index (χ0) is 11.5. The number of H-pyrrole nitrogens is 1. The van der Waals surface area contributed by atoms with Gasteiger partial charge in [0.05, 0.1) is 6.42 Å². The van der Waals surface area contributed by atoms with Gasteiger partial charge >= 0.3 is 0 Å². The maximum atomic E-state index is 12.0. The van der Waals surface area contributed by atoms with E-state index in [1.807, 2.05) is 25.1 Å². The largest absolute Gasteiger partial charge is 0.348 e. The second-order valence-corrected chi connectivity index (χ2v) is 4.40. The van der Waals surface area contributed by atoms with E-state index >= 15 is 0 Å². The van der Waals surface area contributed by atoms with E-state index in [9.17, 15) is 4.79 Å². The lowest BCUT2D eigenvalue weighted by Gasteiger charge is -2.05. The molecule has 16 heavy (non-hydrogen) atoms. The highest BCUT2D eigenvalue weighted by Gasteiger charge is 2.12. The molecule has 0 fully saturated rings. The quantitative estimate of drug-likeness (QED) is 0.878. The summed E-state index contributed by atoms with van der Waals surface area (Å²) in [6.45, 7) is 1.93. The Kier molecular flexibility index (Phi) is 3.19. The Morgan fingerprint density at radius 1 is 1.50 bits per heavy atom. The maximum absolute atomic E-state index is 12.0. The molecule has 1 aromatic carbocycles. The molecule has 3 nitrogen and oxygen atoms in total. The molecule has 2 rings (SSSR count). The van der Waals surface area contributed by atoms with Gasteiger partial charge in [0.15, 0.2) is 5.78 Å². The third-order valence-electron chi connectivity index (χ3n) is 2.45. The van der Waals surface area contributed by atoms with Crippen LogP contribution in [0.1, 0.15) is 21.7 Å². The fraction of sp³-hybridized carbons (Fsp3) is 0.167. The van der Waals surface area contributed by atoms with Crippen molar-refractivity contribution in [1.82, 2.24) is 9.97 Å². The molecule has 0 radical (unpaired) electrons. The van der Waals surface area contributed by atoms with E-state index in [4.69, 9.17) is 0 Å². The normalized spacial score (nSPS) is 10.4. The standard InChI is InChI=1S/C12H11BrN2O/c1-8-9(3-2-4-10(8)13)11(16)7-12-14-5-6-15-12/h2-6H,7H2,1H3,(H,14,15). The Hall–Kier alpha value is -1.42. The number of halogens is 1. The molecule has 0 saturated heterocycles. The number of nitrogens with zero attached hydrogens (tertiary/aromatic N) is 1. The molecular formula is C12H11BrN2O. The minimum atomic E-state index is 0.0775. The van der Waals surface area contributed by atoms with Gasteiger partial charge in [-0.25, -0.2) is 4.98 Å². The number of carbonyl (C=O) groups is 1. The van der Waals surface area contributed by atoms with Crippen molar-refractivity contribution in [2.24, 2.45) is 0 Å². The van der Waals surface area contributed by atoms with Crippen LogP contribution in [-0.2, 0) is 6.42 Å².